The number of anilines is 1. The Balaban J connectivity index is 1.32. The summed E-state index contributed by atoms with van der Waals surface area (Å²) in [6, 6.07) is 9.01. The molecule has 0 radical (unpaired) electrons. The lowest BCUT2D eigenvalue weighted by Crippen LogP contribution is -2.52. The van der Waals surface area contributed by atoms with Crippen LogP contribution in [-0.2, 0) is 14.8 Å². The molecule has 2 aromatic heterocycles. The van der Waals surface area contributed by atoms with Crippen LogP contribution in [0.1, 0.15) is 18.4 Å². The molecule has 1 amide bonds. The molecule has 2 aliphatic rings. The zero-order valence-electron chi connectivity index (χ0n) is 16.5. The second kappa shape index (κ2) is 8.71. The van der Waals surface area contributed by atoms with E-state index < -0.39 is 10.0 Å². The number of amides is 1. The molecule has 0 atom stereocenters. The molecule has 10 heteroatoms. The van der Waals surface area contributed by atoms with Gasteiger partial charge in [-0.2, -0.15) is 9.57 Å². The molecule has 0 saturated carbocycles. The maximum absolute atomic E-state index is 13.0. The van der Waals surface area contributed by atoms with Crippen LogP contribution >= 0.6 is 11.3 Å². The van der Waals surface area contributed by atoms with Gasteiger partial charge in [-0.3, -0.25) is 4.79 Å². The van der Waals surface area contributed by atoms with Gasteiger partial charge in [0.25, 0.3) is 10.0 Å². The summed E-state index contributed by atoms with van der Waals surface area (Å²) in [4.78, 5) is 21.2. The number of piperazine rings is 1. The monoisotopic (exact) mass is 445 g/mol. The number of carbonyl (C=O) groups is 1. The Hall–Kier alpha value is -2.48. The van der Waals surface area contributed by atoms with E-state index in [4.69, 9.17) is 0 Å². The van der Waals surface area contributed by atoms with Gasteiger partial charge < -0.3 is 9.80 Å². The molecular formula is C20H23N5O3S2. The average molecular weight is 446 g/mol. The van der Waals surface area contributed by atoms with Crippen LogP contribution in [0.3, 0.4) is 0 Å². The first-order chi connectivity index (χ1) is 14.5. The standard InChI is InChI=1S/C20H23N5O3S2/c21-15-17-3-1-7-22-19(17)23-10-12-24(13-11-23)20(26)16-5-8-25(9-6-16)30(27,28)18-4-2-14-29-18/h1-4,7,14,16H,5-6,8-13H2. The van der Waals surface area contributed by atoms with Crippen molar-refractivity contribution in [2.75, 3.05) is 44.2 Å². The lowest BCUT2D eigenvalue weighted by Gasteiger charge is -2.38. The molecule has 2 aromatic rings. The molecule has 0 aromatic carbocycles. The van der Waals surface area contributed by atoms with E-state index >= 15 is 0 Å². The van der Waals surface area contributed by atoms with Crippen molar-refractivity contribution in [2.24, 2.45) is 5.92 Å². The second-order valence-corrected chi connectivity index (χ2v) is 10.5. The van der Waals surface area contributed by atoms with Gasteiger partial charge in [-0.1, -0.05) is 6.07 Å². The molecule has 2 saturated heterocycles. The predicted octanol–water partition coefficient (Wildman–Crippen LogP) is 1.76. The zero-order valence-corrected chi connectivity index (χ0v) is 18.1. The van der Waals surface area contributed by atoms with Crippen molar-refractivity contribution < 1.29 is 13.2 Å². The van der Waals surface area contributed by atoms with Crippen LogP contribution in [0.2, 0.25) is 0 Å². The number of carbonyl (C=O) groups excluding carboxylic acids is 1. The van der Waals surface area contributed by atoms with E-state index in [9.17, 15) is 18.5 Å². The largest absolute Gasteiger partial charge is 0.352 e. The fourth-order valence-corrected chi connectivity index (χ4v) is 6.63. The normalized spacial score (nSPS) is 18.9. The number of hydrogen-bond acceptors (Lipinski definition) is 7. The number of pyridine rings is 1. The summed E-state index contributed by atoms with van der Waals surface area (Å²) in [7, 11) is -3.45. The molecule has 30 heavy (non-hydrogen) atoms. The Morgan fingerprint density at radius 3 is 2.47 bits per heavy atom. The Morgan fingerprint density at radius 1 is 1.10 bits per heavy atom. The summed E-state index contributed by atoms with van der Waals surface area (Å²) in [6.45, 7) is 3.15. The van der Waals surface area contributed by atoms with Crippen molar-refractivity contribution in [1.82, 2.24) is 14.2 Å². The highest BCUT2D eigenvalue weighted by atomic mass is 32.2. The van der Waals surface area contributed by atoms with Crippen molar-refractivity contribution in [3.05, 3.63) is 41.4 Å². The zero-order chi connectivity index (χ0) is 21.1. The van der Waals surface area contributed by atoms with Crippen LogP contribution in [0.5, 0.6) is 0 Å². The molecule has 0 unspecified atom stereocenters. The maximum atomic E-state index is 13.0. The number of aromatic nitrogens is 1. The van der Waals surface area contributed by atoms with Crippen molar-refractivity contribution >= 4 is 33.1 Å². The van der Waals surface area contributed by atoms with Gasteiger partial charge in [-0.25, -0.2) is 13.4 Å². The first-order valence-electron chi connectivity index (χ1n) is 9.93. The minimum Gasteiger partial charge on any atom is -0.352 e. The van der Waals surface area contributed by atoms with Crippen LogP contribution in [0.4, 0.5) is 5.82 Å². The Kier molecular flexibility index (Phi) is 6.04. The number of nitriles is 1. The molecule has 2 aliphatic heterocycles. The number of hydrogen-bond donors (Lipinski definition) is 0. The molecular weight excluding hydrogens is 422 g/mol. The molecule has 0 N–H and O–H groups in total. The second-order valence-electron chi connectivity index (χ2n) is 7.41. The summed E-state index contributed by atoms with van der Waals surface area (Å²) >= 11 is 1.22. The fraction of sp³-hybridized carbons (Fsp3) is 0.450. The van der Waals surface area contributed by atoms with E-state index in [-0.39, 0.29) is 11.8 Å². The van der Waals surface area contributed by atoms with Gasteiger partial charge in [0.05, 0.1) is 5.56 Å². The van der Waals surface area contributed by atoms with Gasteiger partial charge in [0.2, 0.25) is 5.91 Å². The topological polar surface area (TPSA) is 97.6 Å². The Bertz CT molecular complexity index is 1030. The van der Waals surface area contributed by atoms with Crippen LogP contribution in [0, 0.1) is 17.2 Å². The SMILES string of the molecule is N#Cc1cccnc1N1CCN(C(=O)C2CCN(S(=O)(=O)c3cccs3)CC2)CC1. The highest BCUT2D eigenvalue weighted by Crippen LogP contribution is 2.28. The molecule has 0 bridgehead atoms. The molecule has 4 rings (SSSR count). The minimum absolute atomic E-state index is 0.101. The van der Waals surface area contributed by atoms with Crippen molar-refractivity contribution in [3.8, 4) is 6.07 Å². The average Bonchev–Trinajstić information content (AvgIpc) is 3.35. The lowest BCUT2D eigenvalue weighted by molar-refractivity contribution is -0.137. The summed E-state index contributed by atoms with van der Waals surface area (Å²) in [5, 5.41) is 11.0. The van der Waals surface area contributed by atoms with E-state index in [1.165, 1.54) is 15.6 Å². The summed E-state index contributed by atoms with van der Waals surface area (Å²) in [6.07, 6.45) is 2.76. The van der Waals surface area contributed by atoms with E-state index in [0.29, 0.717) is 67.7 Å². The summed E-state index contributed by atoms with van der Waals surface area (Å²) in [5.74, 6) is 0.624. The quantitative estimate of drug-likeness (QED) is 0.711. The third-order valence-electron chi connectivity index (χ3n) is 5.69. The van der Waals surface area contributed by atoms with Gasteiger partial charge in [0.1, 0.15) is 16.1 Å². The first-order valence-corrected chi connectivity index (χ1v) is 12.2. The van der Waals surface area contributed by atoms with E-state index in [0.717, 1.165) is 0 Å². The third-order valence-corrected chi connectivity index (χ3v) is 8.96. The number of piperidine rings is 1. The van der Waals surface area contributed by atoms with Crippen LogP contribution in [-0.4, -0.2) is 67.8 Å². The molecule has 8 nitrogen and oxygen atoms in total. The smallest absolute Gasteiger partial charge is 0.252 e. The van der Waals surface area contributed by atoms with Gasteiger partial charge in [-0.05, 0) is 36.4 Å². The number of nitrogens with zero attached hydrogens (tertiary/aromatic N) is 5. The Labute approximate surface area is 180 Å². The van der Waals surface area contributed by atoms with Crippen LogP contribution < -0.4 is 4.90 Å². The molecule has 0 aliphatic carbocycles. The van der Waals surface area contributed by atoms with E-state index in [2.05, 4.69) is 11.1 Å². The van der Waals surface area contributed by atoms with Gasteiger partial charge in [0.15, 0.2) is 0 Å². The first kappa shape index (κ1) is 20.8. The third kappa shape index (κ3) is 4.05. The van der Waals surface area contributed by atoms with Crippen LogP contribution in [0.25, 0.3) is 0 Å². The molecule has 4 heterocycles. The summed E-state index contributed by atoms with van der Waals surface area (Å²) in [5.41, 5.74) is 0.539. The highest BCUT2D eigenvalue weighted by molar-refractivity contribution is 7.91. The van der Waals surface area contributed by atoms with Crippen molar-refractivity contribution in [3.63, 3.8) is 0 Å². The number of thiophene rings is 1. The number of rotatable bonds is 4. The Morgan fingerprint density at radius 2 is 1.83 bits per heavy atom. The van der Waals surface area contributed by atoms with Gasteiger partial charge in [-0.15, -0.1) is 11.3 Å². The van der Waals surface area contributed by atoms with Gasteiger partial charge >= 0.3 is 0 Å². The van der Waals surface area contributed by atoms with Crippen molar-refractivity contribution in [1.29, 1.82) is 5.26 Å². The van der Waals surface area contributed by atoms with Gasteiger partial charge in [0, 0.05) is 51.4 Å². The van der Waals surface area contributed by atoms with Crippen LogP contribution in [0.15, 0.2) is 40.1 Å². The van der Waals surface area contributed by atoms with E-state index in [1.807, 2.05) is 9.80 Å². The highest BCUT2D eigenvalue weighted by Gasteiger charge is 2.35. The molecule has 2 fully saturated rings. The summed E-state index contributed by atoms with van der Waals surface area (Å²) < 4.78 is 27.2. The minimum atomic E-state index is -3.45. The predicted molar refractivity (Wildman–Crippen MR) is 114 cm³/mol. The molecule has 0 spiro atoms. The van der Waals surface area contributed by atoms with Crippen molar-refractivity contribution in [2.45, 2.75) is 17.1 Å². The lowest BCUT2D eigenvalue weighted by atomic mass is 9.96. The molecule has 158 valence electrons. The van der Waals surface area contributed by atoms with E-state index in [1.54, 1.807) is 35.8 Å². The fourth-order valence-electron chi connectivity index (χ4n) is 4.01. The maximum Gasteiger partial charge on any atom is 0.252 e. The number of sulfonamides is 1.